The molecule has 0 bridgehead atoms. The molecule has 1 aliphatic carbocycles. The summed E-state index contributed by atoms with van der Waals surface area (Å²) in [5.74, 6) is 0.0722. The number of rotatable bonds is 5. The third kappa shape index (κ3) is 3.61. The summed E-state index contributed by atoms with van der Waals surface area (Å²) in [6.45, 7) is 0. The molecule has 1 heterocycles. The molecular weight excluding hydrogens is 329 g/mol. The average Bonchev–Trinajstić information content (AvgIpc) is 3.04. The van der Waals surface area contributed by atoms with E-state index in [4.69, 9.17) is 4.74 Å². The van der Waals surface area contributed by atoms with Gasteiger partial charge in [0, 0.05) is 6.04 Å². The molecule has 1 aromatic carbocycles. The smallest absolute Gasteiger partial charge is 0.316 e. The van der Waals surface area contributed by atoms with Crippen LogP contribution in [-0.4, -0.2) is 33.6 Å². The molecule has 0 spiro atoms. The summed E-state index contributed by atoms with van der Waals surface area (Å²) in [6.07, 6.45) is 5.54. The Morgan fingerprint density at radius 1 is 1.29 bits per heavy atom. The Kier molecular flexibility index (Phi) is 5.50. The molecule has 0 amide bonds. The lowest BCUT2D eigenvalue weighted by atomic mass is 9.95. The van der Waals surface area contributed by atoms with Gasteiger partial charge in [0.25, 0.3) is 0 Å². The number of hydrogen-bond acceptors (Lipinski definition) is 5. The van der Waals surface area contributed by atoms with Crippen LogP contribution in [0.3, 0.4) is 0 Å². The van der Waals surface area contributed by atoms with E-state index in [9.17, 15) is 9.18 Å². The van der Waals surface area contributed by atoms with Gasteiger partial charge in [0.1, 0.15) is 5.82 Å². The number of esters is 1. The van der Waals surface area contributed by atoms with Gasteiger partial charge in [0.05, 0.1) is 18.4 Å². The summed E-state index contributed by atoms with van der Waals surface area (Å²) >= 11 is 1.29. The molecule has 0 unspecified atom stereocenters. The van der Waals surface area contributed by atoms with Gasteiger partial charge in [-0.2, -0.15) is 0 Å². The SMILES string of the molecule is COC(=O)CSc1nnc(-c2ccccc2F)n1C1CCCCC1. The highest BCUT2D eigenvalue weighted by Crippen LogP contribution is 2.36. The molecule has 7 heteroatoms. The van der Waals surface area contributed by atoms with E-state index >= 15 is 0 Å². The molecule has 0 saturated heterocycles. The van der Waals surface area contributed by atoms with E-state index < -0.39 is 0 Å². The second-order valence-electron chi connectivity index (χ2n) is 5.81. The minimum atomic E-state index is -0.314. The highest BCUT2D eigenvalue weighted by atomic mass is 32.2. The number of halogens is 1. The standard InChI is InChI=1S/C17H20FN3O2S/c1-23-15(22)11-24-17-20-19-16(13-9-5-6-10-14(13)18)21(17)12-7-3-2-4-8-12/h5-6,9-10,12H,2-4,7-8,11H2,1H3. The normalized spacial score (nSPS) is 15.4. The van der Waals surface area contributed by atoms with Crippen LogP contribution in [-0.2, 0) is 9.53 Å². The molecular formula is C17H20FN3O2S. The summed E-state index contributed by atoms with van der Waals surface area (Å²) in [7, 11) is 1.36. The molecule has 1 fully saturated rings. The lowest BCUT2D eigenvalue weighted by molar-refractivity contribution is -0.137. The number of carbonyl (C=O) groups is 1. The fraction of sp³-hybridized carbons (Fsp3) is 0.471. The number of aromatic nitrogens is 3. The highest BCUT2D eigenvalue weighted by molar-refractivity contribution is 7.99. The van der Waals surface area contributed by atoms with E-state index in [1.165, 1.54) is 31.4 Å². The predicted octanol–water partition coefficient (Wildman–Crippen LogP) is 3.85. The molecule has 1 saturated carbocycles. The monoisotopic (exact) mass is 349 g/mol. The summed E-state index contributed by atoms with van der Waals surface area (Å²) in [5, 5.41) is 9.09. The van der Waals surface area contributed by atoms with Gasteiger partial charge in [-0.3, -0.25) is 9.36 Å². The van der Waals surface area contributed by atoms with Gasteiger partial charge in [-0.05, 0) is 25.0 Å². The number of thioether (sulfide) groups is 1. The van der Waals surface area contributed by atoms with Crippen molar-refractivity contribution in [3.63, 3.8) is 0 Å². The molecule has 5 nitrogen and oxygen atoms in total. The van der Waals surface area contributed by atoms with Gasteiger partial charge in [-0.1, -0.05) is 43.2 Å². The van der Waals surface area contributed by atoms with Crippen LogP contribution < -0.4 is 0 Å². The Morgan fingerprint density at radius 3 is 2.75 bits per heavy atom. The zero-order valence-corrected chi connectivity index (χ0v) is 14.4. The van der Waals surface area contributed by atoms with Gasteiger partial charge in [-0.15, -0.1) is 10.2 Å². The summed E-state index contributed by atoms with van der Waals surface area (Å²) in [5.41, 5.74) is 0.445. The number of methoxy groups -OCH3 is 1. The summed E-state index contributed by atoms with van der Waals surface area (Å²) < 4.78 is 20.9. The van der Waals surface area contributed by atoms with Gasteiger partial charge in [-0.25, -0.2) is 4.39 Å². The van der Waals surface area contributed by atoms with Gasteiger partial charge in [0.2, 0.25) is 0 Å². The molecule has 24 heavy (non-hydrogen) atoms. The second-order valence-corrected chi connectivity index (χ2v) is 6.76. The van der Waals surface area contributed by atoms with E-state index in [-0.39, 0.29) is 23.6 Å². The van der Waals surface area contributed by atoms with Gasteiger partial charge < -0.3 is 4.74 Å². The van der Waals surface area contributed by atoms with Crippen molar-refractivity contribution in [2.75, 3.05) is 12.9 Å². The third-order valence-corrected chi connectivity index (χ3v) is 5.18. The van der Waals surface area contributed by atoms with Crippen LogP contribution in [0.4, 0.5) is 4.39 Å². The zero-order chi connectivity index (χ0) is 16.9. The highest BCUT2D eigenvalue weighted by Gasteiger charge is 2.25. The number of benzene rings is 1. The van der Waals surface area contributed by atoms with E-state index in [2.05, 4.69) is 10.2 Å². The molecule has 3 rings (SSSR count). The fourth-order valence-electron chi connectivity index (χ4n) is 3.05. The van der Waals surface area contributed by atoms with Crippen LogP contribution in [0.5, 0.6) is 0 Å². The van der Waals surface area contributed by atoms with Crippen molar-refractivity contribution in [1.29, 1.82) is 0 Å². The van der Waals surface area contributed by atoms with E-state index in [1.807, 2.05) is 4.57 Å². The first-order valence-corrected chi connectivity index (χ1v) is 9.08. The first-order chi connectivity index (χ1) is 11.7. The summed E-state index contributed by atoms with van der Waals surface area (Å²) in [4.78, 5) is 11.4. The molecule has 1 aromatic heterocycles. The maximum Gasteiger partial charge on any atom is 0.316 e. The second kappa shape index (κ2) is 7.79. The predicted molar refractivity (Wildman–Crippen MR) is 90.3 cm³/mol. The molecule has 128 valence electrons. The Balaban J connectivity index is 1.97. The largest absolute Gasteiger partial charge is 0.468 e. The van der Waals surface area contributed by atoms with E-state index in [1.54, 1.807) is 18.2 Å². The molecule has 0 atom stereocenters. The van der Waals surface area contributed by atoms with E-state index in [0.717, 1.165) is 25.7 Å². The van der Waals surface area contributed by atoms with Crippen LogP contribution >= 0.6 is 11.8 Å². The van der Waals surface area contributed by atoms with Crippen LogP contribution in [0, 0.1) is 5.82 Å². The van der Waals surface area contributed by atoms with E-state index in [0.29, 0.717) is 16.5 Å². The Bertz CT molecular complexity index is 714. The number of hydrogen-bond donors (Lipinski definition) is 0. The fourth-order valence-corrected chi connectivity index (χ4v) is 3.89. The van der Waals surface area contributed by atoms with Crippen molar-refractivity contribution >= 4 is 17.7 Å². The average molecular weight is 349 g/mol. The first kappa shape index (κ1) is 17.0. The zero-order valence-electron chi connectivity index (χ0n) is 13.6. The third-order valence-electron chi connectivity index (χ3n) is 4.27. The minimum absolute atomic E-state index is 0.165. The lowest BCUT2D eigenvalue weighted by Crippen LogP contribution is -2.16. The molecule has 2 aromatic rings. The Hall–Kier alpha value is -1.89. The van der Waals surface area contributed by atoms with Gasteiger partial charge in [0.15, 0.2) is 11.0 Å². The topological polar surface area (TPSA) is 57.0 Å². The molecule has 0 aliphatic heterocycles. The number of ether oxygens (including phenoxy) is 1. The van der Waals surface area contributed by atoms with Crippen LogP contribution in [0.2, 0.25) is 0 Å². The number of carbonyl (C=O) groups excluding carboxylic acids is 1. The minimum Gasteiger partial charge on any atom is -0.468 e. The van der Waals surface area contributed by atoms with Crippen molar-refractivity contribution in [2.24, 2.45) is 0 Å². The maximum atomic E-state index is 14.2. The maximum absolute atomic E-state index is 14.2. The Labute approximate surface area is 144 Å². The quantitative estimate of drug-likeness (QED) is 0.606. The van der Waals surface area contributed by atoms with Crippen molar-refractivity contribution in [2.45, 2.75) is 43.3 Å². The van der Waals surface area contributed by atoms with Crippen molar-refractivity contribution < 1.29 is 13.9 Å². The first-order valence-electron chi connectivity index (χ1n) is 8.10. The van der Waals surface area contributed by atoms with Crippen molar-refractivity contribution in [3.05, 3.63) is 30.1 Å². The van der Waals surface area contributed by atoms with Crippen LogP contribution in [0.25, 0.3) is 11.4 Å². The Morgan fingerprint density at radius 2 is 2.04 bits per heavy atom. The molecule has 1 aliphatic rings. The van der Waals surface area contributed by atoms with Crippen molar-refractivity contribution in [1.82, 2.24) is 14.8 Å². The van der Waals surface area contributed by atoms with Crippen LogP contribution in [0.1, 0.15) is 38.1 Å². The van der Waals surface area contributed by atoms with Crippen molar-refractivity contribution in [3.8, 4) is 11.4 Å². The summed E-state index contributed by atoms with van der Waals surface area (Å²) in [6, 6.07) is 6.83. The lowest BCUT2D eigenvalue weighted by Gasteiger charge is -2.25. The molecule has 0 radical (unpaired) electrons. The van der Waals surface area contributed by atoms with Crippen LogP contribution in [0.15, 0.2) is 29.4 Å². The van der Waals surface area contributed by atoms with Gasteiger partial charge >= 0.3 is 5.97 Å². The molecule has 0 N–H and O–H groups in total. The number of nitrogens with zero attached hydrogens (tertiary/aromatic N) is 3.